The minimum atomic E-state index is -0.816. The monoisotopic (exact) mass is 243 g/mol. The third-order valence-corrected chi connectivity index (χ3v) is 2.93. The molecular weight excluding hydrogens is 226 g/mol. The van der Waals surface area contributed by atoms with Crippen LogP contribution in [0.15, 0.2) is 36.4 Å². The van der Waals surface area contributed by atoms with Crippen molar-refractivity contribution in [3.8, 4) is 0 Å². The SMILES string of the molecule is Cc1ccc2cc(CCNCC(=O)O)ccc2c1. The lowest BCUT2D eigenvalue weighted by atomic mass is 10.0. The van der Waals surface area contributed by atoms with Crippen molar-refractivity contribution in [3.63, 3.8) is 0 Å². The third kappa shape index (κ3) is 3.31. The minimum Gasteiger partial charge on any atom is -0.480 e. The second-order valence-electron chi connectivity index (χ2n) is 4.51. The molecule has 0 saturated heterocycles. The van der Waals surface area contributed by atoms with Crippen molar-refractivity contribution < 1.29 is 9.90 Å². The number of rotatable bonds is 5. The van der Waals surface area contributed by atoms with E-state index in [1.54, 1.807) is 0 Å². The first-order valence-corrected chi connectivity index (χ1v) is 6.07. The van der Waals surface area contributed by atoms with E-state index in [1.807, 2.05) is 0 Å². The topological polar surface area (TPSA) is 49.3 Å². The van der Waals surface area contributed by atoms with Gasteiger partial charge in [0.1, 0.15) is 0 Å². The van der Waals surface area contributed by atoms with Crippen LogP contribution < -0.4 is 5.32 Å². The van der Waals surface area contributed by atoms with Gasteiger partial charge in [0.05, 0.1) is 6.54 Å². The summed E-state index contributed by atoms with van der Waals surface area (Å²) in [4.78, 5) is 10.4. The molecule has 2 rings (SSSR count). The predicted octanol–water partition coefficient (Wildman–Crippen LogP) is 2.36. The van der Waals surface area contributed by atoms with Gasteiger partial charge in [-0.2, -0.15) is 0 Å². The van der Waals surface area contributed by atoms with Gasteiger partial charge in [-0.15, -0.1) is 0 Å². The van der Waals surface area contributed by atoms with Crippen LogP contribution >= 0.6 is 0 Å². The molecule has 3 nitrogen and oxygen atoms in total. The van der Waals surface area contributed by atoms with E-state index < -0.39 is 5.97 Å². The molecule has 2 N–H and O–H groups in total. The fourth-order valence-electron chi connectivity index (χ4n) is 2.00. The van der Waals surface area contributed by atoms with E-state index in [0.29, 0.717) is 6.54 Å². The van der Waals surface area contributed by atoms with Gasteiger partial charge in [0.25, 0.3) is 0 Å². The van der Waals surface area contributed by atoms with Crippen LogP contribution in [0, 0.1) is 6.92 Å². The largest absolute Gasteiger partial charge is 0.480 e. The summed E-state index contributed by atoms with van der Waals surface area (Å²) in [6, 6.07) is 12.8. The fourth-order valence-corrected chi connectivity index (χ4v) is 2.00. The Morgan fingerprint density at radius 2 is 1.89 bits per heavy atom. The summed E-state index contributed by atoms with van der Waals surface area (Å²) in [5, 5.41) is 13.9. The highest BCUT2D eigenvalue weighted by Gasteiger charge is 1.99. The molecule has 3 heteroatoms. The zero-order chi connectivity index (χ0) is 13.0. The maximum Gasteiger partial charge on any atom is 0.317 e. The highest BCUT2D eigenvalue weighted by molar-refractivity contribution is 5.83. The van der Waals surface area contributed by atoms with Crippen LogP contribution in [-0.2, 0) is 11.2 Å². The van der Waals surface area contributed by atoms with Crippen LogP contribution in [-0.4, -0.2) is 24.2 Å². The van der Waals surface area contributed by atoms with Crippen molar-refractivity contribution in [2.45, 2.75) is 13.3 Å². The van der Waals surface area contributed by atoms with E-state index in [0.717, 1.165) is 6.42 Å². The molecule has 0 atom stereocenters. The van der Waals surface area contributed by atoms with Gasteiger partial charge in [-0.05, 0) is 36.2 Å². The van der Waals surface area contributed by atoms with Crippen LogP contribution in [0.1, 0.15) is 11.1 Å². The standard InChI is InChI=1S/C15H17NO2/c1-11-2-4-14-9-12(3-5-13(14)8-11)6-7-16-10-15(17)18/h2-5,8-9,16H,6-7,10H2,1H3,(H,17,18). The highest BCUT2D eigenvalue weighted by atomic mass is 16.4. The molecule has 2 aromatic carbocycles. The van der Waals surface area contributed by atoms with Crippen LogP contribution in [0.25, 0.3) is 10.8 Å². The third-order valence-electron chi connectivity index (χ3n) is 2.93. The molecule has 18 heavy (non-hydrogen) atoms. The number of benzene rings is 2. The summed E-state index contributed by atoms with van der Waals surface area (Å²) in [5.74, 6) is -0.816. The van der Waals surface area contributed by atoms with Gasteiger partial charge >= 0.3 is 5.97 Å². The lowest BCUT2D eigenvalue weighted by molar-refractivity contribution is -0.135. The second-order valence-corrected chi connectivity index (χ2v) is 4.51. The summed E-state index contributed by atoms with van der Waals surface area (Å²) in [7, 11) is 0. The van der Waals surface area contributed by atoms with E-state index >= 15 is 0 Å². The van der Waals surface area contributed by atoms with Crippen LogP contribution in [0.5, 0.6) is 0 Å². The van der Waals surface area contributed by atoms with E-state index in [-0.39, 0.29) is 6.54 Å². The first-order chi connectivity index (χ1) is 8.65. The average Bonchev–Trinajstić information content (AvgIpc) is 2.34. The quantitative estimate of drug-likeness (QED) is 0.793. The minimum absolute atomic E-state index is 0.0206. The number of carbonyl (C=O) groups is 1. The number of aryl methyl sites for hydroxylation is 1. The molecule has 0 spiro atoms. The van der Waals surface area contributed by atoms with Gasteiger partial charge in [0, 0.05) is 0 Å². The maximum atomic E-state index is 10.4. The Balaban J connectivity index is 2.01. The number of hydrogen-bond donors (Lipinski definition) is 2. The molecule has 0 aliphatic carbocycles. The molecule has 0 bridgehead atoms. The smallest absolute Gasteiger partial charge is 0.317 e. The molecule has 0 unspecified atom stereocenters. The first kappa shape index (κ1) is 12.6. The fraction of sp³-hybridized carbons (Fsp3) is 0.267. The summed E-state index contributed by atoms with van der Waals surface area (Å²) in [6.07, 6.45) is 0.844. The van der Waals surface area contributed by atoms with Crippen molar-refractivity contribution in [1.82, 2.24) is 5.32 Å². The number of fused-ring (bicyclic) bond motifs is 1. The Labute approximate surface area is 106 Å². The molecule has 0 amide bonds. The van der Waals surface area contributed by atoms with Crippen molar-refractivity contribution >= 4 is 16.7 Å². The Morgan fingerprint density at radius 3 is 2.67 bits per heavy atom. The Hall–Kier alpha value is -1.87. The number of aliphatic carboxylic acids is 1. The first-order valence-electron chi connectivity index (χ1n) is 6.07. The van der Waals surface area contributed by atoms with Crippen LogP contribution in [0.4, 0.5) is 0 Å². The highest BCUT2D eigenvalue weighted by Crippen LogP contribution is 2.17. The molecule has 0 saturated carbocycles. The molecular formula is C15H17NO2. The molecule has 0 radical (unpaired) electrons. The van der Waals surface area contributed by atoms with E-state index in [4.69, 9.17) is 5.11 Å². The van der Waals surface area contributed by atoms with Gasteiger partial charge in [-0.25, -0.2) is 0 Å². The molecule has 2 aromatic rings. The van der Waals surface area contributed by atoms with Crippen LogP contribution in [0.3, 0.4) is 0 Å². The lowest BCUT2D eigenvalue weighted by Crippen LogP contribution is -2.24. The van der Waals surface area contributed by atoms with E-state index in [2.05, 4.69) is 48.6 Å². The van der Waals surface area contributed by atoms with Gasteiger partial charge < -0.3 is 10.4 Å². The number of nitrogens with one attached hydrogen (secondary N) is 1. The van der Waals surface area contributed by atoms with E-state index in [9.17, 15) is 4.79 Å². The summed E-state index contributed by atoms with van der Waals surface area (Å²) in [6.45, 7) is 2.79. The van der Waals surface area contributed by atoms with Gasteiger partial charge in [-0.1, -0.05) is 42.0 Å². The summed E-state index contributed by atoms with van der Waals surface area (Å²) >= 11 is 0. The van der Waals surface area contributed by atoms with Crippen molar-refractivity contribution in [3.05, 3.63) is 47.5 Å². The van der Waals surface area contributed by atoms with Gasteiger partial charge in [0.2, 0.25) is 0 Å². The van der Waals surface area contributed by atoms with E-state index in [1.165, 1.54) is 21.9 Å². The van der Waals surface area contributed by atoms with Crippen LogP contribution in [0.2, 0.25) is 0 Å². The van der Waals surface area contributed by atoms with Crippen molar-refractivity contribution in [1.29, 1.82) is 0 Å². The van der Waals surface area contributed by atoms with Gasteiger partial charge in [-0.3, -0.25) is 4.79 Å². The maximum absolute atomic E-state index is 10.4. The number of carboxylic acids is 1. The molecule has 0 aromatic heterocycles. The summed E-state index contributed by atoms with van der Waals surface area (Å²) < 4.78 is 0. The lowest BCUT2D eigenvalue weighted by Gasteiger charge is -2.05. The molecule has 0 fully saturated rings. The molecule has 0 aliphatic heterocycles. The predicted molar refractivity (Wildman–Crippen MR) is 72.9 cm³/mol. The average molecular weight is 243 g/mol. The zero-order valence-electron chi connectivity index (χ0n) is 10.4. The Kier molecular flexibility index (Phi) is 3.95. The normalized spacial score (nSPS) is 10.7. The number of carboxylic acid groups (broad SMARTS) is 1. The molecule has 0 aliphatic rings. The van der Waals surface area contributed by atoms with Gasteiger partial charge in [0.15, 0.2) is 0 Å². The van der Waals surface area contributed by atoms with Crippen molar-refractivity contribution in [2.75, 3.05) is 13.1 Å². The Bertz CT molecular complexity index is 563. The molecule has 0 heterocycles. The summed E-state index contributed by atoms with van der Waals surface area (Å²) in [5.41, 5.74) is 2.49. The Morgan fingerprint density at radius 1 is 1.17 bits per heavy atom. The van der Waals surface area contributed by atoms with Crippen molar-refractivity contribution in [2.24, 2.45) is 0 Å². The zero-order valence-corrected chi connectivity index (χ0v) is 10.4. The molecule has 94 valence electrons. The second kappa shape index (κ2) is 5.65. The number of hydrogen-bond acceptors (Lipinski definition) is 2.